The lowest BCUT2D eigenvalue weighted by Crippen LogP contribution is -2.42. The molecule has 0 fully saturated rings. The first-order chi connectivity index (χ1) is 15.7. The smallest absolute Gasteiger partial charge is 0.232 e. The molecule has 0 aliphatic carbocycles. The Kier molecular flexibility index (Phi) is 7.55. The minimum absolute atomic E-state index is 0.0823. The Bertz CT molecular complexity index is 1120. The van der Waals surface area contributed by atoms with E-state index in [9.17, 15) is 4.79 Å². The number of thiol groups is 1. The molecule has 0 spiro atoms. The summed E-state index contributed by atoms with van der Waals surface area (Å²) in [5.41, 5.74) is 3.10. The van der Waals surface area contributed by atoms with E-state index in [0.29, 0.717) is 13.0 Å². The molecular formula is C26H26N2O2S2. The summed E-state index contributed by atoms with van der Waals surface area (Å²) >= 11 is 6.19. The minimum atomic E-state index is 0.0823. The number of aliphatic imine (C=N–C) groups is 1. The van der Waals surface area contributed by atoms with Gasteiger partial charge in [0.15, 0.2) is 0 Å². The van der Waals surface area contributed by atoms with Crippen molar-refractivity contribution in [3.63, 3.8) is 0 Å². The van der Waals surface area contributed by atoms with E-state index in [4.69, 9.17) is 9.73 Å². The van der Waals surface area contributed by atoms with Crippen molar-refractivity contribution < 1.29 is 9.53 Å². The van der Waals surface area contributed by atoms with Gasteiger partial charge in [0.1, 0.15) is 11.6 Å². The maximum Gasteiger partial charge on any atom is 0.232 e. The van der Waals surface area contributed by atoms with Crippen molar-refractivity contribution in [1.29, 1.82) is 0 Å². The van der Waals surface area contributed by atoms with Gasteiger partial charge in [0.05, 0.1) is 13.5 Å². The Morgan fingerprint density at radius 2 is 1.88 bits per heavy atom. The van der Waals surface area contributed by atoms with E-state index in [1.807, 2.05) is 65.6 Å². The van der Waals surface area contributed by atoms with Gasteiger partial charge in [-0.3, -0.25) is 14.7 Å². The van der Waals surface area contributed by atoms with Crippen LogP contribution in [-0.2, 0) is 17.0 Å². The van der Waals surface area contributed by atoms with E-state index in [0.717, 1.165) is 56.8 Å². The summed E-state index contributed by atoms with van der Waals surface area (Å²) in [6, 6.07) is 24.0. The van der Waals surface area contributed by atoms with Crippen LogP contribution in [0.5, 0.6) is 5.75 Å². The maximum atomic E-state index is 13.2. The number of rotatable bonds is 7. The lowest BCUT2D eigenvalue weighted by Gasteiger charge is -2.29. The van der Waals surface area contributed by atoms with Crippen LogP contribution in [0.2, 0.25) is 0 Å². The highest BCUT2D eigenvalue weighted by molar-refractivity contribution is 7.98. The van der Waals surface area contributed by atoms with Crippen molar-refractivity contribution in [3.05, 3.63) is 89.5 Å². The van der Waals surface area contributed by atoms with Crippen LogP contribution in [0.1, 0.15) is 23.1 Å². The molecule has 0 unspecified atom stereocenters. The first-order valence-electron chi connectivity index (χ1n) is 10.6. The number of methoxy groups -OCH3 is 1. The molecule has 0 radical (unpaired) electrons. The van der Waals surface area contributed by atoms with Crippen LogP contribution in [0.25, 0.3) is 0 Å². The maximum absolute atomic E-state index is 13.2. The Labute approximate surface area is 199 Å². The van der Waals surface area contributed by atoms with E-state index in [2.05, 4.69) is 24.8 Å². The molecule has 0 N–H and O–H groups in total. The molecule has 4 nitrogen and oxygen atoms in total. The van der Waals surface area contributed by atoms with Gasteiger partial charge in [0, 0.05) is 39.8 Å². The fraction of sp³-hybridized carbons (Fsp3) is 0.231. The van der Waals surface area contributed by atoms with Crippen LogP contribution in [0.4, 0.5) is 0 Å². The summed E-state index contributed by atoms with van der Waals surface area (Å²) in [7, 11) is 1.68. The second-order valence-corrected chi connectivity index (χ2v) is 9.08. The molecule has 0 saturated heterocycles. The summed E-state index contributed by atoms with van der Waals surface area (Å²) in [5.74, 6) is 2.44. The number of amides is 1. The molecule has 4 rings (SSSR count). The van der Waals surface area contributed by atoms with Gasteiger partial charge < -0.3 is 4.74 Å². The molecule has 0 atom stereocenters. The largest absolute Gasteiger partial charge is 0.496 e. The molecule has 164 valence electrons. The Balaban J connectivity index is 1.57. The topological polar surface area (TPSA) is 41.9 Å². The van der Waals surface area contributed by atoms with Crippen LogP contribution < -0.4 is 4.74 Å². The van der Waals surface area contributed by atoms with Gasteiger partial charge in [0.2, 0.25) is 5.91 Å². The number of carbonyl (C=O) groups excluding carboxylic acids is 1. The Morgan fingerprint density at radius 3 is 2.69 bits per heavy atom. The zero-order valence-electron chi connectivity index (χ0n) is 18.0. The van der Waals surface area contributed by atoms with Crippen molar-refractivity contribution in [3.8, 4) is 5.75 Å². The molecule has 0 bridgehead atoms. The van der Waals surface area contributed by atoms with Gasteiger partial charge in [-0.25, -0.2) is 0 Å². The molecule has 1 aliphatic rings. The highest BCUT2D eigenvalue weighted by atomic mass is 32.2. The average molecular weight is 463 g/mol. The lowest BCUT2D eigenvalue weighted by molar-refractivity contribution is -0.126. The zero-order valence-corrected chi connectivity index (χ0v) is 19.7. The summed E-state index contributed by atoms with van der Waals surface area (Å²) in [5, 5.41) is 0. The third-order valence-corrected chi connectivity index (χ3v) is 6.73. The SMILES string of the molecule is COc1ccc(S)cc1CSc1ccccc1C1=NCCCN1C(=O)Cc1ccccc1. The second kappa shape index (κ2) is 10.7. The lowest BCUT2D eigenvalue weighted by atomic mass is 10.1. The van der Waals surface area contributed by atoms with Gasteiger partial charge in [-0.1, -0.05) is 48.5 Å². The highest BCUT2D eigenvalue weighted by Crippen LogP contribution is 2.32. The molecule has 6 heteroatoms. The van der Waals surface area contributed by atoms with Crippen molar-refractivity contribution in [1.82, 2.24) is 4.90 Å². The number of thioether (sulfide) groups is 1. The van der Waals surface area contributed by atoms with Crippen LogP contribution in [-0.4, -0.2) is 36.8 Å². The summed E-state index contributed by atoms with van der Waals surface area (Å²) < 4.78 is 5.52. The predicted octanol–water partition coefficient (Wildman–Crippen LogP) is 5.50. The molecule has 1 heterocycles. The van der Waals surface area contributed by atoms with Crippen molar-refractivity contribution >= 4 is 36.1 Å². The molecule has 3 aromatic carbocycles. The van der Waals surface area contributed by atoms with Crippen LogP contribution in [0.3, 0.4) is 0 Å². The highest BCUT2D eigenvalue weighted by Gasteiger charge is 2.25. The van der Waals surface area contributed by atoms with Crippen LogP contribution in [0, 0.1) is 0 Å². The number of benzene rings is 3. The van der Waals surface area contributed by atoms with Crippen LogP contribution in [0.15, 0.2) is 87.6 Å². The van der Waals surface area contributed by atoms with Crippen molar-refractivity contribution in [2.75, 3.05) is 20.2 Å². The fourth-order valence-electron chi connectivity index (χ4n) is 3.75. The van der Waals surface area contributed by atoms with Gasteiger partial charge in [0.25, 0.3) is 0 Å². The molecule has 32 heavy (non-hydrogen) atoms. The van der Waals surface area contributed by atoms with Crippen LogP contribution >= 0.6 is 24.4 Å². The molecule has 1 aliphatic heterocycles. The van der Waals surface area contributed by atoms with Gasteiger partial charge in [-0.05, 0) is 36.2 Å². The van der Waals surface area contributed by atoms with E-state index >= 15 is 0 Å². The molecule has 0 aromatic heterocycles. The van der Waals surface area contributed by atoms with E-state index < -0.39 is 0 Å². The second-order valence-electron chi connectivity index (χ2n) is 7.55. The third-order valence-electron chi connectivity index (χ3n) is 5.33. The van der Waals surface area contributed by atoms with Gasteiger partial charge >= 0.3 is 0 Å². The number of nitrogens with zero attached hydrogens (tertiary/aromatic N) is 2. The number of amidine groups is 1. The number of ether oxygens (including phenoxy) is 1. The van der Waals surface area contributed by atoms with Crippen molar-refractivity contribution in [2.24, 2.45) is 4.99 Å². The summed E-state index contributed by atoms with van der Waals surface area (Å²) in [6.07, 6.45) is 1.26. The minimum Gasteiger partial charge on any atom is -0.496 e. The van der Waals surface area contributed by atoms with E-state index in [1.165, 1.54) is 0 Å². The molecule has 0 saturated carbocycles. The van der Waals surface area contributed by atoms with E-state index in [1.54, 1.807) is 18.9 Å². The zero-order chi connectivity index (χ0) is 22.3. The quantitative estimate of drug-likeness (QED) is 0.372. The first-order valence-corrected chi connectivity index (χ1v) is 12.1. The number of carbonyl (C=O) groups is 1. The van der Waals surface area contributed by atoms with Gasteiger partial charge in [-0.15, -0.1) is 24.4 Å². The Morgan fingerprint density at radius 1 is 1.09 bits per heavy atom. The normalized spacial score (nSPS) is 13.6. The molecular weight excluding hydrogens is 436 g/mol. The Hall–Kier alpha value is -2.70. The number of hydrogen-bond acceptors (Lipinski definition) is 5. The van der Waals surface area contributed by atoms with E-state index in [-0.39, 0.29) is 5.91 Å². The molecule has 1 amide bonds. The predicted molar refractivity (Wildman–Crippen MR) is 134 cm³/mol. The molecule has 3 aromatic rings. The average Bonchev–Trinajstić information content (AvgIpc) is 2.83. The standard InChI is InChI=1S/C26H26N2O2S2/c1-30-23-13-12-21(31)17-20(23)18-32-24-11-6-5-10-22(24)26-27-14-7-15-28(26)25(29)16-19-8-3-2-4-9-19/h2-6,8-13,17,31H,7,14-16,18H2,1H3. The first kappa shape index (κ1) is 22.5. The summed E-state index contributed by atoms with van der Waals surface area (Å²) in [6.45, 7) is 1.43. The number of hydrogen-bond donors (Lipinski definition) is 1. The monoisotopic (exact) mass is 462 g/mol. The van der Waals surface area contributed by atoms with Gasteiger partial charge in [-0.2, -0.15) is 0 Å². The summed E-state index contributed by atoms with van der Waals surface area (Å²) in [4.78, 5) is 21.8. The third kappa shape index (κ3) is 5.37. The van der Waals surface area contributed by atoms with Crippen molar-refractivity contribution in [2.45, 2.75) is 28.4 Å². The fourth-order valence-corrected chi connectivity index (χ4v) is 5.01.